The summed E-state index contributed by atoms with van der Waals surface area (Å²) in [5.41, 5.74) is 7.83. The monoisotopic (exact) mass is 236 g/mol. The maximum absolute atomic E-state index is 11.7. The van der Waals surface area contributed by atoms with Gasteiger partial charge in [-0.25, -0.2) is 0 Å². The van der Waals surface area contributed by atoms with Gasteiger partial charge in [0.25, 0.3) is 0 Å². The Kier molecular flexibility index (Phi) is 4.52. The summed E-state index contributed by atoms with van der Waals surface area (Å²) in [7, 11) is 0. The van der Waals surface area contributed by atoms with Crippen molar-refractivity contribution in [3.8, 4) is 5.75 Å². The smallest absolute Gasteiger partial charge is 0.225 e. The lowest BCUT2D eigenvalue weighted by Crippen LogP contribution is -2.26. The normalized spacial score (nSPS) is 12.2. The lowest BCUT2D eigenvalue weighted by molar-refractivity contribution is -0.116. The maximum atomic E-state index is 11.7. The first kappa shape index (κ1) is 13.5. The fourth-order valence-electron chi connectivity index (χ4n) is 1.55. The van der Waals surface area contributed by atoms with Gasteiger partial charge in [-0.1, -0.05) is 13.0 Å². The Morgan fingerprint density at radius 3 is 2.71 bits per heavy atom. The topological polar surface area (TPSA) is 75.4 Å². The van der Waals surface area contributed by atoms with E-state index >= 15 is 0 Å². The first-order valence-electron chi connectivity index (χ1n) is 5.80. The van der Waals surface area contributed by atoms with E-state index in [1.807, 2.05) is 13.8 Å². The summed E-state index contributed by atoms with van der Waals surface area (Å²) in [6.07, 6.45) is 1.07. The number of hydrogen-bond donors (Lipinski definition) is 3. The van der Waals surface area contributed by atoms with E-state index in [9.17, 15) is 9.90 Å². The molecule has 0 saturated heterocycles. The third-order valence-corrected chi connectivity index (χ3v) is 2.88. The third kappa shape index (κ3) is 3.46. The second-order valence-corrected chi connectivity index (χ2v) is 4.32. The third-order valence-electron chi connectivity index (χ3n) is 2.88. The van der Waals surface area contributed by atoms with Crippen LogP contribution in [0.1, 0.15) is 30.9 Å². The summed E-state index contributed by atoms with van der Waals surface area (Å²) in [4.78, 5) is 11.7. The van der Waals surface area contributed by atoms with E-state index in [0.717, 1.165) is 12.0 Å². The van der Waals surface area contributed by atoms with E-state index in [1.165, 1.54) is 0 Å². The van der Waals surface area contributed by atoms with Crippen LogP contribution in [0, 0.1) is 13.8 Å². The average Bonchev–Trinajstić information content (AvgIpc) is 2.29. The molecule has 1 aromatic rings. The molecule has 1 rings (SSSR count). The summed E-state index contributed by atoms with van der Waals surface area (Å²) in [6, 6.07) is 3.45. The van der Waals surface area contributed by atoms with Crippen LogP contribution in [0.15, 0.2) is 12.1 Å². The fraction of sp³-hybridized carbons (Fsp3) is 0.462. The summed E-state index contributed by atoms with van der Waals surface area (Å²) >= 11 is 0. The van der Waals surface area contributed by atoms with Crippen molar-refractivity contribution in [3.63, 3.8) is 0 Å². The highest BCUT2D eigenvalue weighted by Crippen LogP contribution is 2.28. The minimum absolute atomic E-state index is 0.116. The number of rotatable bonds is 4. The Hall–Kier alpha value is -1.55. The standard InChI is InChI=1S/C13H20N2O2/c1-4-10(14)7-12(16)15-11-6-5-8(2)13(17)9(11)3/h5-6,10,17H,4,7,14H2,1-3H3,(H,15,16). The number of carbonyl (C=O) groups is 1. The average molecular weight is 236 g/mol. The van der Waals surface area contributed by atoms with Crippen molar-refractivity contribution >= 4 is 11.6 Å². The molecule has 0 bridgehead atoms. The maximum Gasteiger partial charge on any atom is 0.225 e. The van der Waals surface area contributed by atoms with Crippen molar-refractivity contribution in [2.45, 2.75) is 39.7 Å². The van der Waals surface area contributed by atoms with Gasteiger partial charge < -0.3 is 16.2 Å². The molecule has 4 nitrogen and oxygen atoms in total. The van der Waals surface area contributed by atoms with Gasteiger partial charge >= 0.3 is 0 Å². The number of nitrogens with two attached hydrogens (primary N) is 1. The molecule has 0 fully saturated rings. The predicted octanol–water partition coefficient (Wildman–Crippen LogP) is 2.07. The molecule has 1 unspecified atom stereocenters. The number of amides is 1. The first-order chi connectivity index (χ1) is 7.95. The van der Waals surface area contributed by atoms with Crippen LogP contribution in [0.25, 0.3) is 0 Å². The van der Waals surface area contributed by atoms with Gasteiger partial charge in [-0.2, -0.15) is 0 Å². The quantitative estimate of drug-likeness (QED) is 0.749. The van der Waals surface area contributed by atoms with E-state index in [4.69, 9.17) is 5.73 Å². The van der Waals surface area contributed by atoms with Gasteiger partial charge in [0.1, 0.15) is 5.75 Å². The molecule has 0 spiro atoms. The van der Waals surface area contributed by atoms with Crippen LogP contribution in [0.3, 0.4) is 0 Å². The molecule has 4 heteroatoms. The molecular formula is C13H20N2O2. The van der Waals surface area contributed by atoms with E-state index in [0.29, 0.717) is 17.7 Å². The number of aromatic hydroxyl groups is 1. The molecule has 0 radical (unpaired) electrons. The number of phenolic OH excluding ortho intramolecular Hbond substituents is 1. The first-order valence-corrected chi connectivity index (χ1v) is 5.80. The number of hydrogen-bond acceptors (Lipinski definition) is 3. The number of phenols is 1. The van der Waals surface area contributed by atoms with Crippen molar-refractivity contribution in [2.24, 2.45) is 5.73 Å². The molecule has 1 aromatic carbocycles. The van der Waals surface area contributed by atoms with Crippen molar-refractivity contribution < 1.29 is 9.90 Å². The molecule has 0 aliphatic carbocycles. The van der Waals surface area contributed by atoms with Crippen LogP contribution in [0.4, 0.5) is 5.69 Å². The van der Waals surface area contributed by atoms with Gasteiger partial charge in [0.05, 0.1) is 0 Å². The van der Waals surface area contributed by atoms with Gasteiger partial charge in [-0.15, -0.1) is 0 Å². The largest absolute Gasteiger partial charge is 0.507 e. The number of nitrogens with one attached hydrogen (secondary N) is 1. The minimum Gasteiger partial charge on any atom is -0.507 e. The fourth-order valence-corrected chi connectivity index (χ4v) is 1.55. The molecule has 4 N–H and O–H groups in total. The zero-order valence-corrected chi connectivity index (χ0v) is 10.6. The van der Waals surface area contributed by atoms with Gasteiger partial charge in [0.15, 0.2) is 0 Å². The Bertz CT molecular complexity index is 416. The zero-order valence-electron chi connectivity index (χ0n) is 10.6. The summed E-state index contributed by atoms with van der Waals surface area (Å²) in [5.74, 6) is 0.105. The highest BCUT2D eigenvalue weighted by atomic mass is 16.3. The molecule has 0 heterocycles. The van der Waals surface area contributed by atoms with Crippen molar-refractivity contribution in [1.29, 1.82) is 0 Å². The van der Waals surface area contributed by atoms with Gasteiger partial charge in [0, 0.05) is 23.7 Å². The number of aryl methyl sites for hydroxylation is 1. The lowest BCUT2D eigenvalue weighted by Gasteiger charge is -2.13. The van der Waals surface area contributed by atoms with Crippen LogP contribution in [0.2, 0.25) is 0 Å². The van der Waals surface area contributed by atoms with Crippen LogP contribution in [-0.2, 0) is 4.79 Å². The SMILES string of the molecule is CCC(N)CC(=O)Nc1ccc(C)c(O)c1C. The van der Waals surface area contributed by atoms with E-state index in [2.05, 4.69) is 5.32 Å². The number of anilines is 1. The molecule has 0 saturated carbocycles. The van der Waals surface area contributed by atoms with Crippen LogP contribution >= 0.6 is 0 Å². The van der Waals surface area contributed by atoms with Gasteiger partial charge in [-0.05, 0) is 31.9 Å². The molecular weight excluding hydrogens is 216 g/mol. The molecule has 17 heavy (non-hydrogen) atoms. The van der Waals surface area contributed by atoms with Crippen LogP contribution < -0.4 is 11.1 Å². The lowest BCUT2D eigenvalue weighted by atomic mass is 10.1. The molecule has 0 aromatic heterocycles. The number of benzene rings is 1. The molecule has 1 amide bonds. The van der Waals surface area contributed by atoms with Crippen molar-refractivity contribution in [3.05, 3.63) is 23.3 Å². The second-order valence-electron chi connectivity index (χ2n) is 4.32. The summed E-state index contributed by atoms with van der Waals surface area (Å²) < 4.78 is 0. The van der Waals surface area contributed by atoms with E-state index < -0.39 is 0 Å². The zero-order chi connectivity index (χ0) is 13.0. The predicted molar refractivity (Wildman–Crippen MR) is 69.1 cm³/mol. The van der Waals surface area contributed by atoms with Crippen LogP contribution in [0.5, 0.6) is 5.75 Å². The Morgan fingerprint density at radius 2 is 2.12 bits per heavy atom. The Morgan fingerprint density at radius 1 is 1.47 bits per heavy atom. The van der Waals surface area contributed by atoms with Gasteiger partial charge in [0.2, 0.25) is 5.91 Å². The Balaban J connectivity index is 2.76. The molecule has 94 valence electrons. The highest BCUT2D eigenvalue weighted by molar-refractivity contribution is 5.92. The minimum atomic E-state index is -0.120. The van der Waals surface area contributed by atoms with Crippen molar-refractivity contribution in [1.82, 2.24) is 0 Å². The highest BCUT2D eigenvalue weighted by Gasteiger charge is 2.11. The van der Waals surface area contributed by atoms with Crippen LogP contribution in [-0.4, -0.2) is 17.1 Å². The molecule has 1 atom stereocenters. The van der Waals surface area contributed by atoms with Crippen molar-refractivity contribution in [2.75, 3.05) is 5.32 Å². The van der Waals surface area contributed by atoms with Gasteiger partial charge in [-0.3, -0.25) is 4.79 Å². The molecule has 0 aliphatic heterocycles. The second kappa shape index (κ2) is 5.68. The molecule has 0 aliphatic rings. The Labute approximate surface area is 102 Å². The summed E-state index contributed by atoms with van der Waals surface area (Å²) in [5, 5.41) is 12.5. The summed E-state index contributed by atoms with van der Waals surface area (Å²) in [6.45, 7) is 5.54. The van der Waals surface area contributed by atoms with E-state index in [1.54, 1.807) is 19.1 Å². The number of carbonyl (C=O) groups excluding carboxylic acids is 1. The van der Waals surface area contributed by atoms with E-state index in [-0.39, 0.29) is 17.7 Å².